The minimum Gasteiger partial charge on any atom is -0.330 e. The Morgan fingerprint density at radius 2 is 2.12 bits per heavy atom. The summed E-state index contributed by atoms with van der Waals surface area (Å²) in [6.07, 6.45) is 2.13. The van der Waals surface area contributed by atoms with Gasteiger partial charge in [0.1, 0.15) is 0 Å². The van der Waals surface area contributed by atoms with Crippen molar-refractivity contribution in [2.75, 3.05) is 13.1 Å². The number of carbonyl (C=O) groups is 1. The number of nitrogens with two attached hydrogens (primary N) is 1. The average Bonchev–Trinajstić information content (AvgIpc) is 2.60. The van der Waals surface area contributed by atoms with Gasteiger partial charge < -0.3 is 10.6 Å². The molecular formula is C13H18N2O. The molecule has 1 aromatic rings. The summed E-state index contributed by atoms with van der Waals surface area (Å²) in [5, 5.41) is 0. The van der Waals surface area contributed by atoms with Crippen molar-refractivity contribution in [1.29, 1.82) is 0 Å². The predicted octanol–water partition coefficient (Wildman–Crippen LogP) is 1.94. The van der Waals surface area contributed by atoms with Crippen LogP contribution in [-0.2, 0) is 0 Å². The molecule has 0 radical (unpaired) electrons. The van der Waals surface area contributed by atoms with Crippen LogP contribution in [0.4, 0.5) is 0 Å². The van der Waals surface area contributed by atoms with Gasteiger partial charge in [-0.3, -0.25) is 4.79 Å². The third-order valence-corrected chi connectivity index (χ3v) is 3.16. The van der Waals surface area contributed by atoms with Gasteiger partial charge in [-0.25, -0.2) is 0 Å². The van der Waals surface area contributed by atoms with Crippen LogP contribution in [0.2, 0.25) is 0 Å². The van der Waals surface area contributed by atoms with Gasteiger partial charge in [0.05, 0.1) is 6.04 Å². The lowest BCUT2D eigenvalue weighted by Crippen LogP contribution is -2.33. The lowest BCUT2D eigenvalue weighted by molar-refractivity contribution is 0.0727. The van der Waals surface area contributed by atoms with Gasteiger partial charge in [-0.1, -0.05) is 31.5 Å². The van der Waals surface area contributed by atoms with Crippen molar-refractivity contribution in [2.24, 2.45) is 5.73 Å². The normalized spacial score (nSPS) is 19.0. The molecule has 1 aromatic carbocycles. The van der Waals surface area contributed by atoms with E-state index in [0.717, 1.165) is 30.5 Å². The van der Waals surface area contributed by atoms with E-state index in [4.69, 9.17) is 5.73 Å². The van der Waals surface area contributed by atoms with Crippen molar-refractivity contribution in [3.05, 3.63) is 35.4 Å². The third-order valence-electron chi connectivity index (χ3n) is 3.16. The Labute approximate surface area is 96.2 Å². The molecule has 0 aromatic heterocycles. The summed E-state index contributed by atoms with van der Waals surface area (Å²) >= 11 is 0. The molecule has 1 aliphatic heterocycles. The first-order valence-corrected chi connectivity index (χ1v) is 5.89. The fourth-order valence-corrected chi connectivity index (χ4v) is 2.29. The molecule has 0 unspecified atom stereocenters. The van der Waals surface area contributed by atoms with Gasteiger partial charge in [-0.05, 0) is 18.1 Å². The maximum absolute atomic E-state index is 12.1. The Kier molecular flexibility index (Phi) is 3.25. The van der Waals surface area contributed by atoms with E-state index in [1.807, 2.05) is 29.2 Å². The minimum atomic E-state index is 0.0789. The van der Waals surface area contributed by atoms with E-state index in [1.165, 1.54) is 0 Å². The van der Waals surface area contributed by atoms with E-state index in [-0.39, 0.29) is 11.9 Å². The Morgan fingerprint density at radius 3 is 2.81 bits per heavy atom. The molecular weight excluding hydrogens is 200 g/mol. The maximum atomic E-state index is 12.1. The van der Waals surface area contributed by atoms with E-state index >= 15 is 0 Å². The monoisotopic (exact) mass is 218 g/mol. The number of hydrogen-bond acceptors (Lipinski definition) is 2. The summed E-state index contributed by atoms with van der Waals surface area (Å²) in [6.45, 7) is 3.45. The molecule has 1 heterocycles. The van der Waals surface area contributed by atoms with E-state index in [1.54, 1.807) is 0 Å². The van der Waals surface area contributed by atoms with Crippen molar-refractivity contribution in [3.8, 4) is 0 Å². The Morgan fingerprint density at radius 1 is 1.38 bits per heavy atom. The molecule has 1 amide bonds. The van der Waals surface area contributed by atoms with Crippen LogP contribution < -0.4 is 5.73 Å². The molecule has 0 bridgehead atoms. The second kappa shape index (κ2) is 4.66. The summed E-state index contributed by atoms with van der Waals surface area (Å²) in [7, 11) is 0. The molecule has 3 heteroatoms. The number of unbranched alkanes of at least 4 members (excludes halogenated alkanes) is 1. The molecule has 0 saturated heterocycles. The number of benzene rings is 1. The van der Waals surface area contributed by atoms with Gasteiger partial charge >= 0.3 is 0 Å². The highest BCUT2D eigenvalue weighted by Crippen LogP contribution is 2.32. The number of nitrogens with zero attached hydrogens (tertiary/aromatic N) is 1. The lowest BCUT2D eigenvalue weighted by Gasteiger charge is -2.23. The Balaban J connectivity index is 2.28. The molecule has 2 N–H and O–H groups in total. The molecule has 0 fully saturated rings. The number of fused-ring (bicyclic) bond motifs is 1. The van der Waals surface area contributed by atoms with Gasteiger partial charge in [-0.2, -0.15) is 0 Å². The number of carbonyl (C=O) groups excluding carboxylic acids is 1. The van der Waals surface area contributed by atoms with Gasteiger partial charge in [0, 0.05) is 18.7 Å². The predicted molar refractivity (Wildman–Crippen MR) is 64.2 cm³/mol. The van der Waals surface area contributed by atoms with Crippen molar-refractivity contribution in [2.45, 2.75) is 25.8 Å². The quantitative estimate of drug-likeness (QED) is 0.839. The van der Waals surface area contributed by atoms with Crippen LogP contribution in [0.1, 0.15) is 41.7 Å². The molecule has 16 heavy (non-hydrogen) atoms. The van der Waals surface area contributed by atoms with Crippen LogP contribution in [0.5, 0.6) is 0 Å². The van der Waals surface area contributed by atoms with Crippen LogP contribution in [0, 0.1) is 0 Å². The number of rotatable bonds is 4. The zero-order valence-corrected chi connectivity index (χ0v) is 9.65. The fourth-order valence-electron chi connectivity index (χ4n) is 2.29. The van der Waals surface area contributed by atoms with E-state index < -0.39 is 0 Å². The molecule has 3 nitrogen and oxygen atoms in total. The third kappa shape index (κ3) is 1.71. The van der Waals surface area contributed by atoms with Crippen molar-refractivity contribution >= 4 is 5.91 Å². The largest absolute Gasteiger partial charge is 0.330 e. The topological polar surface area (TPSA) is 46.3 Å². The molecule has 0 spiro atoms. The molecule has 0 saturated carbocycles. The highest BCUT2D eigenvalue weighted by atomic mass is 16.2. The van der Waals surface area contributed by atoms with Crippen LogP contribution in [-0.4, -0.2) is 23.9 Å². The smallest absolute Gasteiger partial charge is 0.254 e. The minimum absolute atomic E-state index is 0.0789. The van der Waals surface area contributed by atoms with Crippen LogP contribution in [0.25, 0.3) is 0 Å². The number of amides is 1. The Bertz CT molecular complexity index is 389. The van der Waals surface area contributed by atoms with Crippen LogP contribution in [0.3, 0.4) is 0 Å². The van der Waals surface area contributed by atoms with Gasteiger partial charge in [0.2, 0.25) is 0 Å². The summed E-state index contributed by atoms with van der Waals surface area (Å²) in [5.74, 6) is 0.138. The van der Waals surface area contributed by atoms with Gasteiger partial charge in [0.25, 0.3) is 5.91 Å². The molecule has 1 atom stereocenters. The summed E-state index contributed by atoms with van der Waals surface area (Å²) in [4.78, 5) is 14.1. The highest BCUT2D eigenvalue weighted by Gasteiger charge is 2.34. The number of hydrogen-bond donors (Lipinski definition) is 1. The summed E-state index contributed by atoms with van der Waals surface area (Å²) in [5.41, 5.74) is 7.70. The van der Waals surface area contributed by atoms with E-state index in [2.05, 4.69) is 6.92 Å². The Hall–Kier alpha value is -1.35. The summed E-state index contributed by atoms with van der Waals surface area (Å²) in [6, 6.07) is 7.87. The highest BCUT2D eigenvalue weighted by molar-refractivity contribution is 5.99. The molecule has 2 rings (SSSR count). The summed E-state index contributed by atoms with van der Waals surface area (Å²) < 4.78 is 0. The zero-order chi connectivity index (χ0) is 11.5. The van der Waals surface area contributed by atoms with Crippen molar-refractivity contribution in [3.63, 3.8) is 0 Å². The standard InChI is InChI=1S/C13H18N2O/c1-2-3-8-15-12(9-14)10-6-4-5-7-11(10)13(15)16/h4-7,12H,2-3,8-9,14H2,1H3/t12-/m1/s1. The van der Waals surface area contributed by atoms with Crippen LogP contribution >= 0.6 is 0 Å². The first-order chi connectivity index (χ1) is 7.79. The maximum Gasteiger partial charge on any atom is 0.254 e. The molecule has 86 valence electrons. The van der Waals surface area contributed by atoms with Crippen LogP contribution in [0.15, 0.2) is 24.3 Å². The first kappa shape index (κ1) is 11.1. The average molecular weight is 218 g/mol. The van der Waals surface area contributed by atoms with Crippen molar-refractivity contribution in [1.82, 2.24) is 4.90 Å². The lowest BCUT2D eigenvalue weighted by atomic mass is 10.1. The second-order valence-corrected chi connectivity index (χ2v) is 4.19. The van der Waals surface area contributed by atoms with Gasteiger partial charge in [-0.15, -0.1) is 0 Å². The van der Waals surface area contributed by atoms with Gasteiger partial charge in [0.15, 0.2) is 0 Å². The fraction of sp³-hybridized carbons (Fsp3) is 0.462. The molecule has 1 aliphatic rings. The molecule has 0 aliphatic carbocycles. The first-order valence-electron chi connectivity index (χ1n) is 5.89. The SMILES string of the molecule is CCCCN1C(=O)c2ccccc2[C@H]1CN. The zero-order valence-electron chi connectivity index (χ0n) is 9.65. The second-order valence-electron chi connectivity index (χ2n) is 4.19. The van der Waals surface area contributed by atoms with E-state index in [0.29, 0.717) is 6.54 Å². The van der Waals surface area contributed by atoms with Crippen molar-refractivity contribution < 1.29 is 4.79 Å². The van der Waals surface area contributed by atoms with E-state index in [9.17, 15) is 4.79 Å².